The molecule has 1 aromatic heterocycles. The van der Waals surface area contributed by atoms with E-state index in [1.165, 1.54) is 4.88 Å². The summed E-state index contributed by atoms with van der Waals surface area (Å²) in [6.45, 7) is 2.89. The van der Waals surface area contributed by atoms with Crippen LogP contribution in [0.1, 0.15) is 22.2 Å². The molecule has 0 aliphatic heterocycles. The summed E-state index contributed by atoms with van der Waals surface area (Å²) in [5, 5.41) is 11.1. The fraction of sp³-hybridized carbons (Fsp3) is 0.312. The third-order valence-electron chi connectivity index (χ3n) is 3.11. The minimum atomic E-state index is -0.0131. The van der Waals surface area contributed by atoms with Crippen LogP contribution in [0.25, 0.3) is 0 Å². The lowest BCUT2D eigenvalue weighted by Crippen LogP contribution is -2.33. The summed E-state index contributed by atoms with van der Waals surface area (Å²) in [7, 11) is 0. The van der Waals surface area contributed by atoms with Gasteiger partial charge in [0, 0.05) is 28.6 Å². The summed E-state index contributed by atoms with van der Waals surface area (Å²) in [5.41, 5.74) is 0.717. The second kappa shape index (κ2) is 8.22. The van der Waals surface area contributed by atoms with Gasteiger partial charge < -0.3 is 10.0 Å². The van der Waals surface area contributed by atoms with Gasteiger partial charge in [0.1, 0.15) is 0 Å². The summed E-state index contributed by atoms with van der Waals surface area (Å²) in [6.07, 6.45) is 0. The highest BCUT2D eigenvalue weighted by Gasteiger charge is 2.17. The number of thiophene rings is 1. The van der Waals surface area contributed by atoms with Crippen LogP contribution in [-0.4, -0.2) is 35.6 Å². The second-order valence-corrected chi connectivity index (χ2v) is 6.52. The molecule has 3 nitrogen and oxygen atoms in total. The van der Waals surface area contributed by atoms with Crippen molar-refractivity contribution >= 4 is 29.0 Å². The van der Waals surface area contributed by atoms with Gasteiger partial charge in [0.2, 0.25) is 0 Å². The standard InChI is InChI=1S/C16H19NO2S2/c1-2-17(9-10-18)16(19)14-7-3-4-8-15(14)21-12-13-6-5-11-20-13/h3-8,11,18H,2,9-10,12H2,1H3. The van der Waals surface area contributed by atoms with Crippen LogP contribution in [0.5, 0.6) is 0 Å². The predicted molar refractivity (Wildman–Crippen MR) is 89.0 cm³/mol. The van der Waals surface area contributed by atoms with Crippen LogP contribution in [-0.2, 0) is 5.75 Å². The molecule has 0 saturated heterocycles. The zero-order chi connectivity index (χ0) is 15.1. The van der Waals surface area contributed by atoms with Crippen molar-refractivity contribution in [3.8, 4) is 0 Å². The van der Waals surface area contributed by atoms with E-state index in [-0.39, 0.29) is 12.5 Å². The Bertz CT molecular complexity index is 569. The number of carbonyl (C=O) groups excluding carboxylic acids is 1. The minimum absolute atomic E-state index is 0.00984. The number of hydrogen-bond donors (Lipinski definition) is 1. The molecule has 21 heavy (non-hydrogen) atoms. The van der Waals surface area contributed by atoms with Gasteiger partial charge in [-0.2, -0.15) is 0 Å². The summed E-state index contributed by atoms with van der Waals surface area (Å²) in [4.78, 5) is 16.5. The zero-order valence-corrected chi connectivity index (χ0v) is 13.6. The van der Waals surface area contributed by atoms with Crippen molar-refractivity contribution in [2.45, 2.75) is 17.6 Å². The number of likely N-dealkylation sites (N-methyl/N-ethyl adjacent to an activating group) is 1. The number of aliphatic hydroxyl groups excluding tert-OH is 1. The predicted octanol–water partition coefficient (Wildman–Crippen LogP) is 3.49. The molecule has 1 heterocycles. The largest absolute Gasteiger partial charge is 0.395 e. The van der Waals surface area contributed by atoms with Crippen molar-refractivity contribution in [1.82, 2.24) is 4.90 Å². The van der Waals surface area contributed by atoms with Gasteiger partial charge in [-0.05, 0) is 30.5 Å². The first-order valence-corrected chi connectivity index (χ1v) is 8.77. The van der Waals surface area contributed by atoms with Crippen molar-refractivity contribution in [2.75, 3.05) is 19.7 Å². The van der Waals surface area contributed by atoms with Crippen LogP contribution in [0.15, 0.2) is 46.7 Å². The second-order valence-electron chi connectivity index (χ2n) is 4.47. The van der Waals surface area contributed by atoms with E-state index in [9.17, 15) is 4.79 Å². The van der Waals surface area contributed by atoms with Gasteiger partial charge in [-0.15, -0.1) is 23.1 Å². The van der Waals surface area contributed by atoms with E-state index in [0.717, 1.165) is 10.6 Å². The Labute approximate surface area is 133 Å². The lowest BCUT2D eigenvalue weighted by molar-refractivity contribution is 0.0728. The molecule has 1 amide bonds. The first kappa shape index (κ1) is 16.1. The number of amides is 1. The Morgan fingerprint density at radius 3 is 2.76 bits per heavy atom. The van der Waals surface area contributed by atoms with Gasteiger partial charge in [0.15, 0.2) is 0 Å². The number of benzene rings is 1. The number of hydrogen-bond acceptors (Lipinski definition) is 4. The van der Waals surface area contributed by atoms with E-state index >= 15 is 0 Å². The normalized spacial score (nSPS) is 10.6. The first-order chi connectivity index (χ1) is 10.3. The highest BCUT2D eigenvalue weighted by molar-refractivity contribution is 7.98. The Balaban J connectivity index is 2.13. The van der Waals surface area contributed by atoms with E-state index in [1.807, 2.05) is 37.3 Å². The maximum absolute atomic E-state index is 12.6. The summed E-state index contributed by atoms with van der Waals surface area (Å²) >= 11 is 3.41. The molecule has 0 unspecified atom stereocenters. The van der Waals surface area contributed by atoms with E-state index in [4.69, 9.17) is 5.11 Å². The average Bonchev–Trinajstić information content (AvgIpc) is 3.03. The van der Waals surface area contributed by atoms with Crippen molar-refractivity contribution < 1.29 is 9.90 Å². The molecule has 0 aliphatic rings. The number of rotatable bonds is 7. The quantitative estimate of drug-likeness (QED) is 0.794. The van der Waals surface area contributed by atoms with Gasteiger partial charge >= 0.3 is 0 Å². The molecule has 1 N–H and O–H groups in total. The smallest absolute Gasteiger partial charge is 0.255 e. The number of aliphatic hydroxyl groups is 1. The number of nitrogens with zero attached hydrogens (tertiary/aromatic N) is 1. The van der Waals surface area contributed by atoms with Crippen LogP contribution in [0.3, 0.4) is 0 Å². The van der Waals surface area contributed by atoms with Crippen molar-refractivity contribution in [1.29, 1.82) is 0 Å². The SMILES string of the molecule is CCN(CCO)C(=O)c1ccccc1SCc1cccs1. The van der Waals surface area contributed by atoms with Crippen LogP contribution in [0, 0.1) is 0 Å². The van der Waals surface area contributed by atoms with Crippen molar-refractivity contribution in [2.24, 2.45) is 0 Å². The van der Waals surface area contributed by atoms with Crippen LogP contribution < -0.4 is 0 Å². The minimum Gasteiger partial charge on any atom is -0.395 e. The molecule has 0 aliphatic carbocycles. The molecular formula is C16H19NO2S2. The van der Waals surface area contributed by atoms with Crippen molar-refractivity contribution in [3.05, 3.63) is 52.2 Å². The first-order valence-electron chi connectivity index (χ1n) is 6.90. The van der Waals surface area contributed by atoms with Crippen LogP contribution in [0.2, 0.25) is 0 Å². The van der Waals surface area contributed by atoms with E-state index in [0.29, 0.717) is 18.7 Å². The molecule has 0 fully saturated rings. The molecular weight excluding hydrogens is 302 g/mol. The fourth-order valence-electron chi connectivity index (χ4n) is 2.01. The third-order valence-corrected chi connectivity index (χ3v) is 5.29. The number of thioether (sulfide) groups is 1. The van der Waals surface area contributed by atoms with E-state index < -0.39 is 0 Å². The molecule has 0 atom stereocenters. The average molecular weight is 321 g/mol. The third kappa shape index (κ3) is 4.33. The summed E-state index contributed by atoms with van der Waals surface area (Å²) < 4.78 is 0. The molecule has 0 saturated carbocycles. The molecule has 5 heteroatoms. The Hall–Kier alpha value is -1.30. The highest BCUT2D eigenvalue weighted by atomic mass is 32.2. The fourth-order valence-corrected chi connectivity index (χ4v) is 3.82. The zero-order valence-electron chi connectivity index (χ0n) is 12.0. The van der Waals surface area contributed by atoms with Crippen molar-refractivity contribution in [3.63, 3.8) is 0 Å². The van der Waals surface area contributed by atoms with Crippen LogP contribution in [0.4, 0.5) is 0 Å². The molecule has 2 aromatic rings. The maximum atomic E-state index is 12.6. The lowest BCUT2D eigenvalue weighted by atomic mass is 10.2. The highest BCUT2D eigenvalue weighted by Crippen LogP contribution is 2.28. The molecule has 0 radical (unpaired) electrons. The van der Waals surface area contributed by atoms with Gasteiger partial charge in [0.05, 0.1) is 12.2 Å². The summed E-state index contributed by atoms with van der Waals surface area (Å²) in [5.74, 6) is 0.856. The maximum Gasteiger partial charge on any atom is 0.255 e. The van der Waals surface area contributed by atoms with Gasteiger partial charge in [-0.3, -0.25) is 4.79 Å². The Morgan fingerprint density at radius 2 is 2.10 bits per heavy atom. The topological polar surface area (TPSA) is 40.5 Å². The molecule has 0 bridgehead atoms. The molecule has 2 rings (SSSR count). The molecule has 112 valence electrons. The van der Waals surface area contributed by atoms with E-state index in [2.05, 4.69) is 11.4 Å². The lowest BCUT2D eigenvalue weighted by Gasteiger charge is -2.21. The van der Waals surface area contributed by atoms with Gasteiger partial charge in [-0.25, -0.2) is 0 Å². The van der Waals surface area contributed by atoms with Gasteiger partial charge in [0.25, 0.3) is 5.91 Å². The monoisotopic (exact) mass is 321 g/mol. The Kier molecular flexibility index (Phi) is 6.29. The Morgan fingerprint density at radius 1 is 1.29 bits per heavy atom. The molecule has 1 aromatic carbocycles. The van der Waals surface area contributed by atoms with Crippen LogP contribution >= 0.6 is 23.1 Å². The summed E-state index contributed by atoms with van der Waals surface area (Å²) in [6, 6.07) is 11.8. The van der Waals surface area contributed by atoms with E-state index in [1.54, 1.807) is 28.0 Å². The molecule has 0 spiro atoms. The van der Waals surface area contributed by atoms with Gasteiger partial charge in [-0.1, -0.05) is 18.2 Å². The number of carbonyl (C=O) groups is 1.